The van der Waals surface area contributed by atoms with Crippen LogP contribution < -0.4 is 10.2 Å². The Morgan fingerprint density at radius 3 is 2.41 bits per heavy atom. The monoisotopic (exact) mass is 382 g/mol. The number of piperazine rings is 1. The number of halogens is 1. The van der Waals surface area contributed by atoms with Crippen molar-refractivity contribution in [2.75, 3.05) is 36.4 Å². The Bertz CT molecular complexity index is 868. The molecule has 1 aliphatic heterocycles. The van der Waals surface area contributed by atoms with Crippen molar-refractivity contribution in [3.05, 3.63) is 71.0 Å². The largest absolute Gasteiger partial charge is 0.369 e. The zero-order chi connectivity index (χ0) is 18.6. The number of nitrogens with zero attached hydrogens (tertiary/aromatic N) is 3. The summed E-state index contributed by atoms with van der Waals surface area (Å²) in [4.78, 5) is 9.45. The van der Waals surface area contributed by atoms with Gasteiger partial charge in [0.05, 0.1) is 5.69 Å². The van der Waals surface area contributed by atoms with Gasteiger partial charge >= 0.3 is 0 Å². The molecule has 3 aromatic rings. The van der Waals surface area contributed by atoms with E-state index in [1.807, 2.05) is 12.1 Å². The van der Waals surface area contributed by atoms with Crippen LogP contribution in [-0.2, 0) is 6.54 Å². The molecule has 0 unspecified atom stereocenters. The van der Waals surface area contributed by atoms with Crippen molar-refractivity contribution in [3.8, 4) is 0 Å². The van der Waals surface area contributed by atoms with Crippen LogP contribution in [0, 0.1) is 12.7 Å². The van der Waals surface area contributed by atoms with Gasteiger partial charge < -0.3 is 10.2 Å². The van der Waals surface area contributed by atoms with Gasteiger partial charge in [-0.15, -0.1) is 11.3 Å². The molecule has 27 heavy (non-hydrogen) atoms. The summed E-state index contributed by atoms with van der Waals surface area (Å²) >= 11 is 1.64. The molecule has 1 fully saturated rings. The van der Waals surface area contributed by atoms with Crippen molar-refractivity contribution < 1.29 is 4.39 Å². The number of anilines is 3. The summed E-state index contributed by atoms with van der Waals surface area (Å²) in [5.74, 6) is -0.184. The fraction of sp³-hybridized carbons (Fsp3) is 0.286. The predicted molar refractivity (Wildman–Crippen MR) is 110 cm³/mol. The molecule has 1 saturated heterocycles. The quantitative estimate of drug-likeness (QED) is 0.696. The molecule has 6 heteroatoms. The van der Waals surface area contributed by atoms with Gasteiger partial charge in [0.2, 0.25) is 0 Å². The summed E-state index contributed by atoms with van der Waals surface area (Å²) in [5, 5.41) is 6.43. The van der Waals surface area contributed by atoms with Crippen LogP contribution in [0.4, 0.5) is 20.9 Å². The van der Waals surface area contributed by atoms with Crippen LogP contribution >= 0.6 is 11.3 Å². The van der Waals surface area contributed by atoms with Crippen molar-refractivity contribution in [2.24, 2.45) is 0 Å². The van der Waals surface area contributed by atoms with E-state index in [1.165, 1.54) is 17.7 Å². The molecule has 0 radical (unpaired) electrons. The number of thiazole rings is 1. The Balaban J connectivity index is 1.30. The molecule has 2 heterocycles. The van der Waals surface area contributed by atoms with Gasteiger partial charge in [-0.1, -0.05) is 17.7 Å². The lowest BCUT2D eigenvalue weighted by Gasteiger charge is -2.35. The number of hydrogen-bond acceptors (Lipinski definition) is 5. The van der Waals surface area contributed by atoms with Gasteiger partial charge in [-0.05, 0) is 43.3 Å². The zero-order valence-electron chi connectivity index (χ0n) is 15.4. The molecule has 0 aliphatic carbocycles. The van der Waals surface area contributed by atoms with Gasteiger partial charge in [0.1, 0.15) is 5.82 Å². The first-order valence-corrected chi connectivity index (χ1v) is 10.0. The molecule has 0 atom stereocenters. The zero-order valence-corrected chi connectivity index (χ0v) is 16.2. The molecule has 1 aromatic heterocycles. The number of aromatic nitrogens is 1. The second-order valence-electron chi connectivity index (χ2n) is 6.87. The van der Waals surface area contributed by atoms with Crippen molar-refractivity contribution in [1.29, 1.82) is 0 Å². The third-order valence-electron chi connectivity index (χ3n) is 4.80. The average Bonchev–Trinajstić information content (AvgIpc) is 3.12. The minimum absolute atomic E-state index is 0.184. The fourth-order valence-corrected chi connectivity index (χ4v) is 3.96. The summed E-state index contributed by atoms with van der Waals surface area (Å²) in [6, 6.07) is 15.1. The van der Waals surface area contributed by atoms with Crippen LogP contribution in [0.1, 0.15) is 11.3 Å². The Hall–Kier alpha value is -2.44. The Labute approximate surface area is 163 Å². The highest BCUT2D eigenvalue weighted by Crippen LogP contribution is 2.23. The van der Waals surface area contributed by atoms with Crippen LogP contribution in [0.5, 0.6) is 0 Å². The first-order valence-electron chi connectivity index (χ1n) is 9.17. The highest BCUT2D eigenvalue weighted by molar-refractivity contribution is 7.13. The molecule has 1 N–H and O–H groups in total. The van der Waals surface area contributed by atoms with Crippen LogP contribution in [0.3, 0.4) is 0 Å². The van der Waals surface area contributed by atoms with Crippen molar-refractivity contribution in [3.63, 3.8) is 0 Å². The minimum Gasteiger partial charge on any atom is -0.369 e. The maximum absolute atomic E-state index is 13.1. The van der Waals surface area contributed by atoms with Gasteiger partial charge in [-0.3, -0.25) is 4.90 Å². The van der Waals surface area contributed by atoms with Crippen LogP contribution in [0.2, 0.25) is 0 Å². The highest BCUT2D eigenvalue weighted by Gasteiger charge is 2.18. The minimum atomic E-state index is -0.184. The van der Waals surface area contributed by atoms with Gasteiger partial charge in [-0.25, -0.2) is 9.37 Å². The topological polar surface area (TPSA) is 31.4 Å². The number of benzene rings is 2. The highest BCUT2D eigenvalue weighted by atomic mass is 32.1. The van der Waals surface area contributed by atoms with Crippen molar-refractivity contribution in [2.45, 2.75) is 13.5 Å². The van der Waals surface area contributed by atoms with Crippen LogP contribution in [-0.4, -0.2) is 36.1 Å². The smallest absolute Gasteiger partial charge is 0.187 e. The molecule has 140 valence electrons. The van der Waals surface area contributed by atoms with Gasteiger partial charge in [-0.2, -0.15) is 0 Å². The average molecular weight is 383 g/mol. The third-order valence-corrected chi connectivity index (χ3v) is 5.61. The van der Waals surface area contributed by atoms with E-state index in [1.54, 1.807) is 11.3 Å². The lowest BCUT2D eigenvalue weighted by atomic mass is 10.2. The van der Waals surface area contributed by atoms with Gasteiger partial charge in [0, 0.05) is 49.5 Å². The van der Waals surface area contributed by atoms with Gasteiger partial charge in [0.25, 0.3) is 0 Å². The van der Waals surface area contributed by atoms with E-state index in [2.05, 4.69) is 51.7 Å². The SMILES string of the molecule is Cc1ccc(Nc2nc(CN3CCN(c4ccc(F)cc4)CC3)cs2)cc1. The molecule has 1 aliphatic rings. The fourth-order valence-electron chi connectivity index (χ4n) is 3.24. The van der Waals surface area contributed by atoms with Crippen molar-refractivity contribution >= 4 is 27.8 Å². The van der Waals surface area contributed by atoms with E-state index in [-0.39, 0.29) is 5.82 Å². The van der Waals surface area contributed by atoms with Crippen LogP contribution in [0.25, 0.3) is 0 Å². The summed E-state index contributed by atoms with van der Waals surface area (Å²) in [5.41, 5.74) is 4.51. The standard InChI is InChI=1S/C21H23FN4S/c1-16-2-6-18(7-3-16)23-21-24-19(15-27-21)14-25-10-12-26(13-11-25)20-8-4-17(22)5-9-20/h2-9,15H,10-14H2,1H3,(H,23,24). The number of nitrogens with one attached hydrogen (secondary N) is 1. The maximum Gasteiger partial charge on any atom is 0.187 e. The Morgan fingerprint density at radius 1 is 1.00 bits per heavy atom. The molecule has 4 nitrogen and oxygen atoms in total. The number of aryl methyl sites for hydroxylation is 1. The third kappa shape index (κ3) is 4.64. The first kappa shape index (κ1) is 17.9. The molecular formula is C21H23FN4S. The molecule has 0 saturated carbocycles. The molecule has 0 bridgehead atoms. The van der Waals surface area contributed by atoms with Crippen molar-refractivity contribution in [1.82, 2.24) is 9.88 Å². The van der Waals surface area contributed by atoms with E-state index < -0.39 is 0 Å². The van der Waals surface area contributed by atoms with E-state index in [0.29, 0.717) is 0 Å². The Morgan fingerprint density at radius 2 is 1.70 bits per heavy atom. The molecular weight excluding hydrogens is 359 g/mol. The van der Waals surface area contributed by atoms with Crippen LogP contribution in [0.15, 0.2) is 53.9 Å². The van der Waals surface area contributed by atoms with E-state index in [4.69, 9.17) is 4.98 Å². The normalized spacial score (nSPS) is 15.1. The van der Waals surface area contributed by atoms with Gasteiger partial charge in [0.15, 0.2) is 5.13 Å². The Kier molecular flexibility index (Phi) is 5.36. The lowest BCUT2D eigenvalue weighted by Crippen LogP contribution is -2.46. The van der Waals surface area contributed by atoms with E-state index in [9.17, 15) is 4.39 Å². The molecule has 0 spiro atoms. The first-order chi connectivity index (χ1) is 13.2. The lowest BCUT2D eigenvalue weighted by molar-refractivity contribution is 0.247. The molecule has 2 aromatic carbocycles. The predicted octanol–water partition coefficient (Wildman–Crippen LogP) is 4.66. The molecule has 4 rings (SSSR count). The van der Waals surface area contributed by atoms with E-state index >= 15 is 0 Å². The second kappa shape index (κ2) is 8.06. The summed E-state index contributed by atoms with van der Waals surface area (Å²) in [6.45, 7) is 6.81. The number of hydrogen-bond donors (Lipinski definition) is 1. The number of rotatable bonds is 5. The summed E-state index contributed by atoms with van der Waals surface area (Å²) in [7, 11) is 0. The summed E-state index contributed by atoms with van der Waals surface area (Å²) in [6.07, 6.45) is 0. The second-order valence-corrected chi connectivity index (χ2v) is 7.73. The van der Waals surface area contributed by atoms with E-state index in [0.717, 1.165) is 54.9 Å². The maximum atomic E-state index is 13.1. The molecule has 0 amide bonds. The summed E-state index contributed by atoms with van der Waals surface area (Å²) < 4.78 is 13.1.